The molecule has 0 spiro atoms. The summed E-state index contributed by atoms with van der Waals surface area (Å²) in [6.07, 6.45) is 0. The third-order valence-electron chi connectivity index (χ3n) is 1.83. The van der Waals surface area contributed by atoms with E-state index in [9.17, 15) is 4.79 Å². The van der Waals surface area contributed by atoms with Gasteiger partial charge >= 0.3 is 0 Å². The van der Waals surface area contributed by atoms with Crippen LogP contribution in [-0.4, -0.2) is 24.6 Å². The number of nitrogens with zero attached hydrogens (tertiary/aromatic N) is 1. The number of rotatable bonds is 3. The number of hydrogen-bond donors (Lipinski definition) is 3. The van der Waals surface area contributed by atoms with Gasteiger partial charge in [-0.05, 0) is 24.3 Å². The predicted molar refractivity (Wildman–Crippen MR) is 53.7 cm³/mol. The van der Waals surface area contributed by atoms with Crippen molar-refractivity contribution in [3.63, 3.8) is 0 Å². The van der Waals surface area contributed by atoms with E-state index in [1.807, 2.05) is 5.43 Å². The standard InChI is InChI=1S/C9H13N3O2/c1-12(6-9(14)11-10)7-2-4-8(13)5-3-7/h2-5,13H,6,10H2,1H3,(H,11,14). The van der Waals surface area contributed by atoms with E-state index < -0.39 is 0 Å². The normalized spacial score (nSPS) is 9.57. The van der Waals surface area contributed by atoms with E-state index in [-0.39, 0.29) is 18.2 Å². The second-order valence-corrected chi connectivity index (χ2v) is 2.94. The first-order valence-electron chi connectivity index (χ1n) is 4.13. The van der Waals surface area contributed by atoms with Gasteiger partial charge in [-0.3, -0.25) is 10.2 Å². The van der Waals surface area contributed by atoms with E-state index in [2.05, 4.69) is 0 Å². The van der Waals surface area contributed by atoms with Crippen LogP contribution in [0.3, 0.4) is 0 Å². The van der Waals surface area contributed by atoms with Crippen LogP contribution in [0.4, 0.5) is 5.69 Å². The van der Waals surface area contributed by atoms with Gasteiger partial charge in [-0.15, -0.1) is 0 Å². The molecule has 0 unspecified atom stereocenters. The van der Waals surface area contributed by atoms with Crippen molar-refractivity contribution in [3.8, 4) is 5.75 Å². The maximum absolute atomic E-state index is 10.9. The molecule has 4 N–H and O–H groups in total. The summed E-state index contributed by atoms with van der Waals surface area (Å²) in [5.41, 5.74) is 2.89. The number of aromatic hydroxyl groups is 1. The van der Waals surface area contributed by atoms with E-state index in [0.29, 0.717) is 0 Å². The van der Waals surface area contributed by atoms with E-state index in [1.54, 1.807) is 36.2 Å². The molecule has 1 amide bonds. The van der Waals surface area contributed by atoms with Crippen molar-refractivity contribution in [2.75, 3.05) is 18.5 Å². The van der Waals surface area contributed by atoms with Gasteiger partial charge < -0.3 is 10.0 Å². The van der Waals surface area contributed by atoms with Gasteiger partial charge in [0.05, 0.1) is 6.54 Å². The summed E-state index contributed by atoms with van der Waals surface area (Å²) in [4.78, 5) is 12.7. The smallest absolute Gasteiger partial charge is 0.253 e. The van der Waals surface area contributed by atoms with Crippen LogP contribution in [0.2, 0.25) is 0 Å². The highest BCUT2D eigenvalue weighted by atomic mass is 16.3. The SMILES string of the molecule is CN(CC(=O)NN)c1ccc(O)cc1. The van der Waals surface area contributed by atoms with Gasteiger partial charge in [0.2, 0.25) is 0 Å². The Morgan fingerprint density at radius 3 is 2.57 bits per heavy atom. The van der Waals surface area contributed by atoms with Crippen LogP contribution in [0.1, 0.15) is 0 Å². The first-order valence-corrected chi connectivity index (χ1v) is 4.13. The summed E-state index contributed by atoms with van der Waals surface area (Å²) >= 11 is 0. The molecule has 76 valence electrons. The average Bonchev–Trinajstić information content (AvgIpc) is 2.18. The largest absolute Gasteiger partial charge is 0.508 e. The molecule has 0 bridgehead atoms. The fourth-order valence-electron chi connectivity index (χ4n) is 1.06. The van der Waals surface area contributed by atoms with Gasteiger partial charge in [0.25, 0.3) is 5.91 Å². The van der Waals surface area contributed by atoms with Gasteiger partial charge in [0.15, 0.2) is 0 Å². The van der Waals surface area contributed by atoms with E-state index >= 15 is 0 Å². The summed E-state index contributed by atoms with van der Waals surface area (Å²) in [6.45, 7) is 0.182. The zero-order valence-electron chi connectivity index (χ0n) is 7.90. The lowest BCUT2D eigenvalue weighted by molar-refractivity contribution is -0.119. The van der Waals surface area contributed by atoms with Crippen LogP contribution in [0.25, 0.3) is 0 Å². The van der Waals surface area contributed by atoms with Crippen molar-refractivity contribution in [1.29, 1.82) is 0 Å². The Kier molecular flexibility index (Phi) is 3.30. The van der Waals surface area contributed by atoms with Crippen molar-refractivity contribution in [3.05, 3.63) is 24.3 Å². The van der Waals surface area contributed by atoms with Crippen LogP contribution in [0, 0.1) is 0 Å². The molecule has 0 aromatic heterocycles. The van der Waals surface area contributed by atoms with Gasteiger partial charge in [-0.1, -0.05) is 0 Å². The minimum atomic E-state index is -0.263. The average molecular weight is 195 g/mol. The lowest BCUT2D eigenvalue weighted by Crippen LogP contribution is -2.38. The molecule has 0 aliphatic rings. The van der Waals surface area contributed by atoms with Crippen LogP contribution in [-0.2, 0) is 4.79 Å². The number of carbonyl (C=O) groups excluding carboxylic acids is 1. The Morgan fingerprint density at radius 2 is 2.07 bits per heavy atom. The van der Waals surface area contributed by atoms with Gasteiger partial charge in [-0.25, -0.2) is 5.84 Å². The number of hydrazine groups is 1. The quantitative estimate of drug-likeness (QED) is 0.355. The van der Waals surface area contributed by atoms with Crippen LogP contribution < -0.4 is 16.2 Å². The molecular formula is C9H13N3O2. The minimum Gasteiger partial charge on any atom is -0.508 e. The third kappa shape index (κ3) is 2.63. The first-order chi connectivity index (χ1) is 6.63. The van der Waals surface area contributed by atoms with E-state index in [1.165, 1.54) is 0 Å². The van der Waals surface area contributed by atoms with Crippen molar-refractivity contribution in [2.24, 2.45) is 5.84 Å². The molecule has 1 aromatic carbocycles. The van der Waals surface area contributed by atoms with Gasteiger partial charge in [0.1, 0.15) is 5.75 Å². The molecule has 5 nitrogen and oxygen atoms in total. The fourth-order valence-corrected chi connectivity index (χ4v) is 1.06. The van der Waals surface area contributed by atoms with E-state index in [4.69, 9.17) is 10.9 Å². The van der Waals surface area contributed by atoms with Crippen molar-refractivity contribution in [1.82, 2.24) is 5.43 Å². The number of hydrogen-bond acceptors (Lipinski definition) is 4. The molecule has 1 aromatic rings. The van der Waals surface area contributed by atoms with Crippen molar-refractivity contribution < 1.29 is 9.90 Å². The van der Waals surface area contributed by atoms with Crippen molar-refractivity contribution in [2.45, 2.75) is 0 Å². The highest BCUT2D eigenvalue weighted by Crippen LogP contribution is 2.16. The number of amides is 1. The van der Waals surface area contributed by atoms with E-state index in [0.717, 1.165) is 5.69 Å². The zero-order chi connectivity index (χ0) is 10.6. The van der Waals surface area contributed by atoms with Crippen molar-refractivity contribution >= 4 is 11.6 Å². The zero-order valence-corrected chi connectivity index (χ0v) is 7.90. The van der Waals surface area contributed by atoms with Gasteiger partial charge in [-0.2, -0.15) is 0 Å². The highest BCUT2D eigenvalue weighted by Gasteiger charge is 2.05. The number of nitrogens with two attached hydrogens (primary N) is 1. The number of phenolic OH excluding ortho intramolecular Hbond substituents is 1. The Balaban J connectivity index is 2.65. The second kappa shape index (κ2) is 4.48. The minimum absolute atomic E-state index is 0.182. The summed E-state index contributed by atoms with van der Waals surface area (Å²) < 4.78 is 0. The Labute approximate surface area is 82.1 Å². The second-order valence-electron chi connectivity index (χ2n) is 2.94. The molecule has 0 aliphatic carbocycles. The lowest BCUT2D eigenvalue weighted by atomic mass is 10.3. The number of likely N-dealkylation sites (N-methyl/N-ethyl adjacent to an activating group) is 1. The number of nitrogens with one attached hydrogen (secondary N) is 1. The maximum atomic E-state index is 10.9. The Hall–Kier alpha value is -1.75. The topological polar surface area (TPSA) is 78.6 Å². The lowest BCUT2D eigenvalue weighted by Gasteiger charge is -2.17. The van der Waals surface area contributed by atoms with Crippen LogP contribution >= 0.6 is 0 Å². The number of carbonyl (C=O) groups is 1. The monoisotopic (exact) mass is 195 g/mol. The summed E-state index contributed by atoms with van der Waals surface area (Å²) in [5, 5.41) is 9.05. The molecule has 0 atom stereocenters. The summed E-state index contributed by atoms with van der Waals surface area (Å²) in [5.74, 6) is 4.89. The maximum Gasteiger partial charge on any atom is 0.253 e. The van der Waals surface area contributed by atoms with Crippen LogP contribution in [0.15, 0.2) is 24.3 Å². The summed E-state index contributed by atoms with van der Waals surface area (Å²) in [6, 6.07) is 6.57. The molecule has 0 fully saturated rings. The molecule has 5 heteroatoms. The number of anilines is 1. The number of phenols is 1. The Morgan fingerprint density at radius 1 is 1.50 bits per heavy atom. The molecule has 0 saturated carbocycles. The fraction of sp³-hybridized carbons (Fsp3) is 0.222. The van der Waals surface area contributed by atoms with Crippen LogP contribution in [0.5, 0.6) is 5.75 Å². The highest BCUT2D eigenvalue weighted by molar-refractivity contribution is 5.80. The molecular weight excluding hydrogens is 182 g/mol. The Bertz CT molecular complexity index is 310. The number of benzene rings is 1. The molecule has 0 saturated heterocycles. The molecule has 0 aliphatic heterocycles. The molecule has 0 radical (unpaired) electrons. The molecule has 14 heavy (non-hydrogen) atoms. The first kappa shape index (κ1) is 10.3. The third-order valence-corrected chi connectivity index (χ3v) is 1.83. The summed E-state index contributed by atoms with van der Waals surface area (Å²) in [7, 11) is 1.77. The molecule has 0 heterocycles. The molecule has 1 rings (SSSR count). The predicted octanol–water partition coefficient (Wildman–Crippen LogP) is -0.182. The van der Waals surface area contributed by atoms with Gasteiger partial charge in [0, 0.05) is 12.7 Å².